The van der Waals surface area contributed by atoms with Gasteiger partial charge in [-0.05, 0) is 43.2 Å². The third kappa shape index (κ3) is 3.55. The SMILES string of the molecule is CC(C)(C)ONCc1ccc2ccccc2c1. The highest BCUT2D eigenvalue weighted by Gasteiger charge is 2.09. The molecule has 2 nitrogen and oxygen atoms in total. The molecular formula is C15H19NO. The molecule has 0 spiro atoms. The minimum absolute atomic E-state index is 0.156. The highest BCUT2D eigenvalue weighted by Crippen LogP contribution is 2.15. The second-order valence-corrected chi connectivity index (χ2v) is 5.22. The lowest BCUT2D eigenvalue weighted by molar-refractivity contribution is -0.0757. The molecule has 0 saturated heterocycles. The molecule has 0 bridgehead atoms. The van der Waals surface area contributed by atoms with Crippen LogP contribution in [-0.4, -0.2) is 5.60 Å². The predicted octanol–water partition coefficient (Wildman–Crippen LogP) is 3.66. The Hall–Kier alpha value is -1.38. The van der Waals surface area contributed by atoms with Gasteiger partial charge in [-0.1, -0.05) is 36.4 Å². The van der Waals surface area contributed by atoms with Crippen molar-refractivity contribution in [3.63, 3.8) is 0 Å². The van der Waals surface area contributed by atoms with E-state index in [1.165, 1.54) is 16.3 Å². The van der Waals surface area contributed by atoms with Gasteiger partial charge in [0.25, 0.3) is 0 Å². The van der Waals surface area contributed by atoms with Crippen LogP contribution in [0.15, 0.2) is 42.5 Å². The van der Waals surface area contributed by atoms with Gasteiger partial charge in [-0.3, -0.25) is 4.84 Å². The van der Waals surface area contributed by atoms with Crippen LogP contribution in [0.3, 0.4) is 0 Å². The lowest BCUT2D eigenvalue weighted by Gasteiger charge is -2.19. The Labute approximate surface area is 103 Å². The average Bonchev–Trinajstić information content (AvgIpc) is 2.27. The standard InChI is InChI=1S/C15H19NO/c1-15(2,3)17-16-11-12-8-9-13-6-4-5-7-14(13)10-12/h4-10,16H,11H2,1-3H3. The van der Waals surface area contributed by atoms with E-state index in [4.69, 9.17) is 4.84 Å². The zero-order valence-corrected chi connectivity index (χ0v) is 10.7. The summed E-state index contributed by atoms with van der Waals surface area (Å²) in [6, 6.07) is 14.8. The van der Waals surface area contributed by atoms with Crippen molar-refractivity contribution in [1.29, 1.82) is 0 Å². The average molecular weight is 229 g/mol. The van der Waals surface area contributed by atoms with Gasteiger partial charge in [0.05, 0.1) is 5.60 Å². The van der Waals surface area contributed by atoms with Crippen LogP contribution >= 0.6 is 0 Å². The molecule has 0 aliphatic heterocycles. The molecule has 2 aromatic rings. The third-order valence-electron chi connectivity index (χ3n) is 2.47. The Morgan fingerprint density at radius 1 is 1.00 bits per heavy atom. The summed E-state index contributed by atoms with van der Waals surface area (Å²) in [5, 5.41) is 2.54. The molecule has 2 heteroatoms. The van der Waals surface area contributed by atoms with Crippen LogP contribution in [0.4, 0.5) is 0 Å². The summed E-state index contributed by atoms with van der Waals surface area (Å²) in [4.78, 5) is 5.50. The van der Waals surface area contributed by atoms with Gasteiger partial charge in [-0.2, -0.15) is 5.48 Å². The van der Waals surface area contributed by atoms with Gasteiger partial charge in [0, 0.05) is 6.54 Å². The maximum Gasteiger partial charge on any atom is 0.0813 e. The molecule has 0 amide bonds. The van der Waals surface area contributed by atoms with E-state index in [2.05, 4.69) is 47.9 Å². The van der Waals surface area contributed by atoms with Gasteiger partial charge in [0.15, 0.2) is 0 Å². The number of nitrogens with one attached hydrogen (secondary N) is 1. The molecular weight excluding hydrogens is 210 g/mol. The Kier molecular flexibility index (Phi) is 3.46. The van der Waals surface area contributed by atoms with E-state index in [1.807, 2.05) is 20.8 Å². The zero-order chi connectivity index (χ0) is 12.3. The summed E-state index contributed by atoms with van der Waals surface area (Å²) in [6.07, 6.45) is 0. The Morgan fingerprint density at radius 2 is 1.71 bits per heavy atom. The fraction of sp³-hybridized carbons (Fsp3) is 0.333. The summed E-state index contributed by atoms with van der Waals surface area (Å²) < 4.78 is 0. The first kappa shape index (κ1) is 12.1. The first-order valence-corrected chi connectivity index (χ1v) is 5.93. The molecule has 0 saturated carbocycles. The van der Waals surface area contributed by atoms with Crippen molar-refractivity contribution < 1.29 is 4.84 Å². The molecule has 0 radical (unpaired) electrons. The van der Waals surface area contributed by atoms with Crippen LogP contribution in [-0.2, 0) is 11.4 Å². The lowest BCUT2D eigenvalue weighted by Crippen LogP contribution is -2.28. The molecule has 90 valence electrons. The smallest absolute Gasteiger partial charge is 0.0813 e. The number of benzene rings is 2. The van der Waals surface area contributed by atoms with Crippen molar-refractivity contribution in [3.8, 4) is 0 Å². The first-order chi connectivity index (χ1) is 8.04. The van der Waals surface area contributed by atoms with E-state index in [0.29, 0.717) is 0 Å². The summed E-state index contributed by atoms with van der Waals surface area (Å²) in [6.45, 7) is 6.81. The predicted molar refractivity (Wildman–Crippen MR) is 71.6 cm³/mol. The van der Waals surface area contributed by atoms with Crippen LogP contribution in [0.1, 0.15) is 26.3 Å². The van der Waals surface area contributed by atoms with Gasteiger partial charge >= 0.3 is 0 Å². The fourth-order valence-electron chi connectivity index (χ4n) is 1.68. The Bertz CT molecular complexity index is 499. The van der Waals surface area contributed by atoms with E-state index in [0.717, 1.165) is 6.54 Å². The third-order valence-corrected chi connectivity index (χ3v) is 2.47. The largest absolute Gasteiger partial charge is 0.296 e. The number of hydroxylamine groups is 1. The van der Waals surface area contributed by atoms with Gasteiger partial charge in [-0.15, -0.1) is 0 Å². The molecule has 1 N–H and O–H groups in total. The fourth-order valence-corrected chi connectivity index (χ4v) is 1.68. The van der Waals surface area contributed by atoms with Gasteiger partial charge in [0.2, 0.25) is 0 Å². The van der Waals surface area contributed by atoms with Crippen LogP contribution in [0, 0.1) is 0 Å². The minimum atomic E-state index is -0.156. The molecule has 0 aromatic heterocycles. The molecule has 2 aromatic carbocycles. The van der Waals surface area contributed by atoms with Gasteiger partial charge in [-0.25, -0.2) is 0 Å². The summed E-state index contributed by atoms with van der Waals surface area (Å²) in [7, 11) is 0. The molecule has 2 rings (SSSR count). The minimum Gasteiger partial charge on any atom is -0.296 e. The topological polar surface area (TPSA) is 21.3 Å². The lowest BCUT2D eigenvalue weighted by atomic mass is 10.1. The monoisotopic (exact) mass is 229 g/mol. The molecule has 0 aliphatic rings. The van der Waals surface area contributed by atoms with Crippen molar-refractivity contribution in [2.45, 2.75) is 32.9 Å². The van der Waals surface area contributed by atoms with Crippen LogP contribution in [0.2, 0.25) is 0 Å². The number of rotatable bonds is 3. The number of hydrogen-bond donors (Lipinski definition) is 1. The molecule has 0 atom stereocenters. The number of fused-ring (bicyclic) bond motifs is 1. The van der Waals surface area contributed by atoms with Crippen molar-refractivity contribution >= 4 is 10.8 Å². The highest BCUT2D eigenvalue weighted by atomic mass is 16.7. The maximum absolute atomic E-state index is 5.50. The normalized spacial score (nSPS) is 11.9. The molecule has 0 aliphatic carbocycles. The first-order valence-electron chi connectivity index (χ1n) is 5.93. The van der Waals surface area contributed by atoms with E-state index in [1.54, 1.807) is 0 Å². The van der Waals surface area contributed by atoms with E-state index < -0.39 is 0 Å². The molecule has 0 heterocycles. The van der Waals surface area contributed by atoms with Crippen molar-refractivity contribution in [1.82, 2.24) is 5.48 Å². The van der Waals surface area contributed by atoms with Crippen LogP contribution in [0.5, 0.6) is 0 Å². The molecule has 0 fully saturated rings. The highest BCUT2D eigenvalue weighted by molar-refractivity contribution is 5.82. The van der Waals surface area contributed by atoms with Crippen molar-refractivity contribution in [2.24, 2.45) is 0 Å². The van der Waals surface area contributed by atoms with Crippen LogP contribution in [0.25, 0.3) is 10.8 Å². The molecule has 0 unspecified atom stereocenters. The zero-order valence-electron chi connectivity index (χ0n) is 10.7. The summed E-state index contributed by atoms with van der Waals surface area (Å²) in [5.41, 5.74) is 4.08. The van der Waals surface area contributed by atoms with Gasteiger partial charge in [0.1, 0.15) is 0 Å². The van der Waals surface area contributed by atoms with Crippen LogP contribution < -0.4 is 5.48 Å². The Balaban J connectivity index is 2.04. The second kappa shape index (κ2) is 4.86. The second-order valence-electron chi connectivity index (χ2n) is 5.22. The van der Waals surface area contributed by atoms with E-state index in [9.17, 15) is 0 Å². The van der Waals surface area contributed by atoms with Crippen molar-refractivity contribution in [2.75, 3.05) is 0 Å². The quantitative estimate of drug-likeness (QED) is 0.811. The van der Waals surface area contributed by atoms with Crippen molar-refractivity contribution in [3.05, 3.63) is 48.0 Å². The maximum atomic E-state index is 5.50. The molecule has 17 heavy (non-hydrogen) atoms. The van der Waals surface area contributed by atoms with E-state index >= 15 is 0 Å². The number of hydrogen-bond acceptors (Lipinski definition) is 2. The van der Waals surface area contributed by atoms with Gasteiger partial charge < -0.3 is 0 Å². The summed E-state index contributed by atoms with van der Waals surface area (Å²) in [5.74, 6) is 0. The Morgan fingerprint density at radius 3 is 2.41 bits per heavy atom. The van der Waals surface area contributed by atoms with E-state index in [-0.39, 0.29) is 5.60 Å². The summed E-state index contributed by atoms with van der Waals surface area (Å²) >= 11 is 0.